The first-order valence-corrected chi connectivity index (χ1v) is 6.45. The number of aliphatic hydroxyl groups excluding tert-OH is 1. The number of fused-ring (bicyclic) bond motifs is 1. The third-order valence-corrected chi connectivity index (χ3v) is 3.59. The highest BCUT2D eigenvalue weighted by atomic mass is 19.1. The molecule has 1 aliphatic rings. The maximum atomic E-state index is 13.3. The van der Waals surface area contributed by atoms with Crippen molar-refractivity contribution < 1.29 is 18.6 Å². The second-order valence-electron chi connectivity index (χ2n) is 5.05. The summed E-state index contributed by atoms with van der Waals surface area (Å²) in [5.41, 5.74) is 1.79. The van der Waals surface area contributed by atoms with Gasteiger partial charge in [-0.2, -0.15) is 0 Å². The molecule has 2 aromatic rings. The number of hydrogen-bond donors (Lipinski definition) is 1. The van der Waals surface area contributed by atoms with Crippen LogP contribution in [0, 0.1) is 18.6 Å². The molecular weight excluding hydrogens is 262 g/mol. The molecule has 0 saturated heterocycles. The second kappa shape index (κ2) is 4.87. The summed E-state index contributed by atoms with van der Waals surface area (Å²) in [6.45, 7) is 1.68. The summed E-state index contributed by atoms with van der Waals surface area (Å²) in [6.07, 6.45) is -0.825. The highest BCUT2D eigenvalue weighted by Crippen LogP contribution is 2.41. The first kappa shape index (κ1) is 13.1. The van der Waals surface area contributed by atoms with Crippen molar-refractivity contribution in [2.75, 3.05) is 0 Å². The van der Waals surface area contributed by atoms with E-state index in [1.54, 1.807) is 19.1 Å². The minimum absolute atomic E-state index is 0.271. The average Bonchev–Trinajstić information content (AvgIpc) is 2.42. The van der Waals surface area contributed by atoms with Crippen LogP contribution in [-0.2, 0) is 0 Å². The Balaban J connectivity index is 1.94. The molecule has 1 heterocycles. The summed E-state index contributed by atoms with van der Waals surface area (Å²) in [5, 5.41) is 10.1. The largest absolute Gasteiger partial charge is 0.485 e. The molecule has 4 heteroatoms. The maximum Gasteiger partial charge on any atom is 0.127 e. The SMILES string of the molecule is Cc1cc(C2CC(O)c3cc(F)ccc3O2)ccc1F. The van der Waals surface area contributed by atoms with Gasteiger partial charge in [0.1, 0.15) is 23.5 Å². The van der Waals surface area contributed by atoms with Gasteiger partial charge in [-0.05, 0) is 48.4 Å². The van der Waals surface area contributed by atoms with Crippen LogP contribution in [0.5, 0.6) is 5.75 Å². The Bertz CT molecular complexity index is 655. The van der Waals surface area contributed by atoms with Gasteiger partial charge in [0.05, 0.1) is 6.10 Å². The molecule has 0 aromatic heterocycles. The van der Waals surface area contributed by atoms with E-state index in [1.807, 2.05) is 0 Å². The van der Waals surface area contributed by atoms with E-state index < -0.39 is 11.9 Å². The zero-order chi connectivity index (χ0) is 14.3. The lowest BCUT2D eigenvalue weighted by Crippen LogP contribution is -2.19. The quantitative estimate of drug-likeness (QED) is 0.857. The van der Waals surface area contributed by atoms with Gasteiger partial charge in [-0.3, -0.25) is 0 Å². The molecule has 0 amide bonds. The van der Waals surface area contributed by atoms with E-state index in [0.29, 0.717) is 23.3 Å². The van der Waals surface area contributed by atoms with Crippen LogP contribution in [0.4, 0.5) is 8.78 Å². The van der Waals surface area contributed by atoms with E-state index in [4.69, 9.17) is 4.74 Å². The molecule has 1 N–H and O–H groups in total. The molecule has 104 valence electrons. The number of aliphatic hydroxyl groups is 1. The van der Waals surface area contributed by atoms with Gasteiger partial charge < -0.3 is 9.84 Å². The van der Waals surface area contributed by atoms with E-state index in [9.17, 15) is 13.9 Å². The number of hydrogen-bond acceptors (Lipinski definition) is 2. The molecule has 2 atom stereocenters. The van der Waals surface area contributed by atoms with Crippen molar-refractivity contribution in [3.8, 4) is 5.75 Å². The Kier molecular flexibility index (Phi) is 3.18. The smallest absolute Gasteiger partial charge is 0.127 e. The van der Waals surface area contributed by atoms with Gasteiger partial charge in [0, 0.05) is 12.0 Å². The minimum atomic E-state index is -0.787. The summed E-state index contributed by atoms with van der Waals surface area (Å²) in [5.74, 6) is -0.202. The summed E-state index contributed by atoms with van der Waals surface area (Å²) in [4.78, 5) is 0. The molecule has 2 unspecified atom stereocenters. The number of halogens is 2. The molecule has 20 heavy (non-hydrogen) atoms. The molecular formula is C16H14F2O2. The van der Waals surface area contributed by atoms with E-state index in [1.165, 1.54) is 24.3 Å². The molecule has 3 rings (SSSR count). The Morgan fingerprint density at radius 2 is 1.95 bits per heavy atom. The minimum Gasteiger partial charge on any atom is -0.485 e. The second-order valence-corrected chi connectivity index (χ2v) is 5.05. The Morgan fingerprint density at radius 1 is 1.15 bits per heavy atom. The van der Waals surface area contributed by atoms with Crippen LogP contribution in [0.3, 0.4) is 0 Å². The third-order valence-electron chi connectivity index (χ3n) is 3.59. The lowest BCUT2D eigenvalue weighted by atomic mass is 9.94. The van der Waals surface area contributed by atoms with Gasteiger partial charge in [0.2, 0.25) is 0 Å². The van der Waals surface area contributed by atoms with Crippen molar-refractivity contribution in [3.05, 3.63) is 64.7 Å². The summed E-state index contributed by atoms with van der Waals surface area (Å²) in [6, 6.07) is 8.84. The predicted octanol–water partition coefficient (Wildman–Crippen LogP) is 3.83. The van der Waals surface area contributed by atoms with Crippen LogP contribution in [0.15, 0.2) is 36.4 Å². The molecule has 0 aliphatic carbocycles. The molecule has 0 fully saturated rings. The maximum absolute atomic E-state index is 13.3. The van der Waals surface area contributed by atoms with Crippen molar-refractivity contribution in [3.63, 3.8) is 0 Å². The van der Waals surface area contributed by atoms with Crippen LogP contribution >= 0.6 is 0 Å². The first-order valence-electron chi connectivity index (χ1n) is 6.45. The lowest BCUT2D eigenvalue weighted by molar-refractivity contribution is 0.0653. The molecule has 2 aromatic carbocycles. The van der Waals surface area contributed by atoms with Crippen LogP contribution in [0.1, 0.15) is 35.3 Å². The first-order chi connectivity index (χ1) is 9.54. The number of benzene rings is 2. The van der Waals surface area contributed by atoms with Crippen molar-refractivity contribution in [1.29, 1.82) is 0 Å². The van der Waals surface area contributed by atoms with Gasteiger partial charge in [-0.15, -0.1) is 0 Å². The number of aryl methyl sites for hydroxylation is 1. The topological polar surface area (TPSA) is 29.5 Å². The monoisotopic (exact) mass is 276 g/mol. The molecule has 1 aliphatic heterocycles. The third kappa shape index (κ3) is 2.27. The fourth-order valence-electron chi connectivity index (χ4n) is 2.49. The molecule has 0 saturated carbocycles. The molecule has 0 radical (unpaired) electrons. The molecule has 0 bridgehead atoms. The fraction of sp³-hybridized carbons (Fsp3) is 0.250. The summed E-state index contributed by atoms with van der Waals surface area (Å²) < 4.78 is 32.3. The summed E-state index contributed by atoms with van der Waals surface area (Å²) >= 11 is 0. The number of ether oxygens (including phenoxy) is 1. The van der Waals surface area contributed by atoms with Gasteiger partial charge in [0.15, 0.2) is 0 Å². The normalized spacial score (nSPS) is 21.2. The van der Waals surface area contributed by atoms with Gasteiger partial charge in [0.25, 0.3) is 0 Å². The highest BCUT2D eigenvalue weighted by molar-refractivity contribution is 5.39. The fourth-order valence-corrected chi connectivity index (χ4v) is 2.49. The average molecular weight is 276 g/mol. The van der Waals surface area contributed by atoms with E-state index >= 15 is 0 Å². The predicted molar refractivity (Wildman–Crippen MR) is 70.5 cm³/mol. The van der Waals surface area contributed by atoms with Crippen molar-refractivity contribution >= 4 is 0 Å². The number of rotatable bonds is 1. The Morgan fingerprint density at radius 3 is 2.70 bits per heavy atom. The van der Waals surface area contributed by atoms with Gasteiger partial charge in [-0.25, -0.2) is 8.78 Å². The van der Waals surface area contributed by atoms with Gasteiger partial charge in [-0.1, -0.05) is 6.07 Å². The zero-order valence-electron chi connectivity index (χ0n) is 10.9. The lowest BCUT2D eigenvalue weighted by Gasteiger charge is -2.30. The Hall–Kier alpha value is -1.94. The van der Waals surface area contributed by atoms with Crippen molar-refractivity contribution in [1.82, 2.24) is 0 Å². The van der Waals surface area contributed by atoms with E-state index in [2.05, 4.69) is 0 Å². The van der Waals surface area contributed by atoms with Crippen LogP contribution in [-0.4, -0.2) is 5.11 Å². The standard InChI is InChI=1S/C16H14F2O2/c1-9-6-10(2-4-13(9)18)16-8-14(19)12-7-11(17)3-5-15(12)20-16/h2-7,14,16,19H,8H2,1H3. The molecule has 0 spiro atoms. The van der Waals surface area contributed by atoms with E-state index in [-0.39, 0.29) is 11.9 Å². The van der Waals surface area contributed by atoms with Crippen LogP contribution < -0.4 is 4.74 Å². The van der Waals surface area contributed by atoms with E-state index in [0.717, 1.165) is 5.56 Å². The molecule has 2 nitrogen and oxygen atoms in total. The van der Waals surface area contributed by atoms with Crippen LogP contribution in [0.25, 0.3) is 0 Å². The van der Waals surface area contributed by atoms with Crippen LogP contribution in [0.2, 0.25) is 0 Å². The summed E-state index contributed by atoms with van der Waals surface area (Å²) in [7, 11) is 0. The highest BCUT2D eigenvalue weighted by Gasteiger charge is 2.28. The van der Waals surface area contributed by atoms with Crippen molar-refractivity contribution in [2.24, 2.45) is 0 Å². The Labute approximate surface area is 115 Å². The zero-order valence-corrected chi connectivity index (χ0v) is 10.9. The van der Waals surface area contributed by atoms with Gasteiger partial charge >= 0.3 is 0 Å². The van der Waals surface area contributed by atoms with Crippen molar-refractivity contribution in [2.45, 2.75) is 25.6 Å².